The van der Waals surface area contributed by atoms with Crippen molar-refractivity contribution < 1.29 is 9.59 Å². The summed E-state index contributed by atoms with van der Waals surface area (Å²) in [6.07, 6.45) is 11.9. The third kappa shape index (κ3) is 5.34. The maximum atomic E-state index is 12.9. The molecule has 156 valence electrons. The Morgan fingerprint density at radius 2 is 2.07 bits per heavy atom. The van der Waals surface area contributed by atoms with Crippen LogP contribution in [0.15, 0.2) is 6.33 Å². The Balaban J connectivity index is 1.43. The Kier molecular flexibility index (Phi) is 7.48. The van der Waals surface area contributed by atoms with Gasteiger partial charge in [-0.15, -0.1) is 0 Å². The molecule has 0 aromatic carbocycles. The Morgan fingerprint density at radius 3 is 2.79 bits per heavy atom. The van der Waals surface area contributed by atoms with Gasteiger partial charge in [-0.05, 0) is 44.9 Å². The molecule has 0 radical (unpaired) electrons. The van der Waals surface area contributed by atoms with Crippen LogP contribution in [0.25, 0.3) is 0 Å². The summed E-state index contributed by atoms with van der Waals surface area (Å²) < 4.78 is 0. The van der Waals surface area contributed by atoms with Gasteiger partial charge < -0.3 is 20.9 Å². The van der Waals surface area contributed by atoms with Crippen molar-refractivity contribution in [2.75, 3.05) is 13.1 Å². The summed E-state index contributed by atoms with van der Waals surface area (Å²) in [5.41, 5.74) is 8.36. The van der Waals surface area contributed by atoms with E-state index >= 15 is 0 Å². The number of hydrogen-bond acceptors (Lipinski definition) is 4. The lowest BCUT2D eigenvalue weighted by Crippen LogP contribution is -2.51. The normalized spacial score (nSPS) is 21.6. The number of hydrogen-bond donors (Lipinski definition) is 3. The molecule has 1 saturated heterocycles. The van der Waals surface area contributed by atoms with Crippen molar-refractivity contribution in [1.82, 2.24) is 20.2 Å². The van der Waals surface area contributed by atoms with Crippen molar-refractivity contribution in [2.45, 2.75) is 83.2 Å². The fraction of sp³-hybridized carbons (Fsp3) is 0.762. The molecule has 1 aliphatic heterocycles. The summed E-state index contributed by atoms with van der Waals surface area (Å²) in [6, 6.07) is -0.837. The van der Waals surface area contributed by atoms with Gasteiger partial charge in [-0.25, -0.2) is 4.98 Å². The monoisotopic (exact) mass is 389 g/mol. The van der Waals surface area contributed by atoms with Crippen LogP contribution in [-0.2, 0) is 16.0 Å². The fourth-order valence-electron chi connectivity index (χ4n) is 4.62. The molecule has 4 N–H and O–H groups in total. The summed E-state index contributed by atoms with van der Waals surface area (Å²) >= 11 is 0. The van der Waals surface area contributed by atoms with Crippen LogP contribution in [0.1, 0.15) is 69.2 Å². The maximum absolute atomic E-state index is 12.9. The zero-order valence-corrected chi connectivity index (χ0v) is 17.1. The summed E-state index contributed by atoms with van der Waals surface area (Å²) in [7, 11) is 0. The average Bonchev–Trinajstić information content (AvgIpc) is 3.34. The first-order valence-corrected chi connectivity index (χ1v) is 10.9. The highest BCUT2D eigenvalue weighted by Crippen LogP contribution is 2.28. The lowest BCUT2D eigenvalue weighted by Gasteiger charge is -2.29. The van der Waals surface area contributed by atoms with Gasteiger partial charge in [-0.3, -0.25) is 9.59 Å². The van der Waals surface area contributed by atoms with Crippen LogP contribution in [0.4, 0.5) is 0 Å². The minimum Gasteiger partial charge on any atom is -0.354 e. The molecule has 1 aromatic rings. The highest BCUT2D eigenvalue weighted by atomic mass is 16.2. The number of nitrogens with one attached hydrogen (secondary N) is 2. The SMILES string of the molecule is Cc1[nH]cnc1CCCNC(=O)[C@@H]1CCCN1C(=O)[C@H](N)CC1CCCCC1. The van der Waals surface area contributed by atoms with Gasteiger partial charge in [0.15, 0.2) is 0 Å². The number of aromatic amines is 1. The number of carbonyl (C=O) groups excluding carboxylic acids is 2. The van der Waals surface area contributed by atoms with Gasteiger partial charge in [-0.1, -0.05) is 32.1 Å². The second-order valence-electron chi connectivity index (χ2n) is 8.40. The number of rotatable bonds is 8. The molecular weight excluding hydrogens is 354 g/mol. The molecule has 2 atom stereocenters. The summed E-state index contributed by atoms with van der Waals surface area (Å²) in [4.78, 5) is 34.6. The molecule has 2 heterocycles. The second-order valence-corrected chi connectivity index (χ2v) is 8.40. The van der Waals surface area contributed by atoms with E-state index in [0.717, 1.165) is 43.5 Å². The summed E-state index contributed by atoms with van der Waals surface area (Å²) in [5.74, 6) is 0.470. The van der Waals surface area contributed by atoms with Gasteiger partial charge in [0.1, 0.15) is 6.04 Å². The standard InChI is InChI=1S/C21H35N5O2/c1-15-18(25-14-24-15)9-5-11-23-20(27)19-10-6-12-26(19)21(28)17(22)13-16-7-3-2-4-8-16/h14,16-17,19H,2-13,22H2,1H3,(H,23,27)(H,24,25)/t17-,19+/m1/s1. The van der Waals surface area contributed by atoms with Gasteiger partial charge >= 0.3 is 0 Å². The number of amides is 2. The van der Waals surface area contributed by atoms with Crippen molar-refractivity contribution in [3.63, 3.8) is 0 Å². The largest absolute Gasteiger partial charge is 0.354 e. The number of aromatic nitrogens is 2. The first-order valence-electron chi connectivity index (χ1n) is 10.9. The van der Waals surface area contributed by atoms with Crippen molar-refractivity contribution in [2.24, 2.45) is 11.7 Å². The third-order valence-corrected chi connectivity index (χ3v) is 6.29. The van der Waals surface area contributed by atoms with Crippen molar-refractivity contribution >= 4 is 11.8 Å². The molecule has 28 heavy (non-hydrogen) atoms. The number of carbonyl (C=O) groups is 2. The number of likely N-dealkylation sites (tertiary alicyclic amines) is 1. The van der Waals surface area contributed by atoms with Crippen LogP contribution in [0.2, 0.25) is 0 Å². The molecule has 7 nitrogen and oxygen atoms in total. The Labute approximate surface area is 167 Å². The summed E-state index contributed by atoms with van der Waals surface area (Å²) in [6.45, 7) is 3.24. The van der Waals surface area contributed by atoms with E-state index < -0.39 is 6.04 Å². The molecule has 0 bridgehead atoms. The van der Waals surface area contributed by atoms with Crippen LogP contribution in [-0.4, -0.2) is 51.9 Å². The summed E-state index contributed by atoms with van der Waals surface area (Å²) in [5, 5.41) is 3.00. The predicted octanol–water partition coefficient (Wildman–Crippen LogP) is 2.06. The highest BCUT2D eigenvalue weighted by molar-refractivity contribution is 5.90. The van der Waals surface area contributed by atoms with Gasteiger partial charge in [0.2, 0.25) is 11.8 Å². The third-order valence-electron chi connectivity index (χ3n) is 6.29. The van der Waals surface area contributed by atoms with E-state index in [1.54, 1.807) is 11.2 Å². The van der Waals surface area contributed by atoms with E-state index in [2.05, 4.69) is 15.3 Å². The van der Waals surface area contributed by atoms with Crippen LogP contribution in [0, 0.1) is 12.8 Å². The van der Waals surface area contributed by atoms with E-state index in [-0.39, 0.29) is 17.9 Å². The molecule has 2 fully saturated rings. The fourth-order valence-corrected chi connectivity index (χ4v) is 4.62. The van der Waals surface area contributed by atoms with Gasteiger partial charge in [0.25, 0.3) is 0 Å². The molecule has 0 spiro atoms. The van der Waals surface area contributed by atoms with E-state index in [9.17, 15) is 9.59 Å². The van der Waals surface area contributed by atoms with Gasteiger partial charge in [0.05, 0.1) is 18.1 Å². The Bertz CT molecular complexity index is 653. The van der Waals surface area contributed by atoms with Gasteiger partial charge in [-0.2, -0.15) is 0 Å². The number of H-pyrrole nitrogens is 1. The molecule has 2 aliphatic rings. The van der Waals surface area contributed by atoms with Crippen molar-refractivity contribution in [1.29, 1.82) is 0 Å². The smallest absolute Gasteiger partial charge is 0.242 e. The van der Waals surface area contributed by atoms with Crippen LogP contribution >= 0.6 is 0 Å². The minimum atomic E-state index is -0.473. The number of aryl methyl sites for hydroxylation is 2. The minimum absolute atomic E-state index is 0.0460. The Hall–Kier alpha value is -1.89. The van der Waals surface area contributed by atoms with E-state index in [4.69, 9.17) is 5.73 Å². The molecule has 1 saturated carbocycles. The lowest BCUT2D eigenvalue weighted by atomic mass is 9.84. The number of nitrogens with two attached hydrogens (primary N) is 1. The van der Waals surface area contributed by atoms with Gasteiger partial charge in [0, 0.05) is 18.8 Å². The number of nitrogens with zero attached hydrogens (tertiary/aromatic N) is 2. The maximum Gasteiger partial charge on any atom is 0.242 e. The van der Waals surface area contributed by atoms with Crippen LogP contribution in [0.3, 0.4) is 0 Å². The van der Waals surface area contributed by atoms with Crippen molar-refractivity contribution in [3.05, 3.63) is 17.7 Å². The average molecular weight is 390 g/mol. The zero-order valence-electron chi connectivity index (χ0n) is 17.1. The first kappa shape index (κ1) is 20.8. The van der Waals surface area contributed by atoms with Crippen LogP contribution < -0.4 is 11.1 Å². The quantitative estimate of drug-likeness (QED) is 0.592. The highest BCUT2D eigenvalue weighted by Gasteiger charge is 2.36. The molecular formula is C21H35N5O2. The molecule has 7 heteroatoms. The zero-order chi connectivity index (χ0) is 19.9. The second kappa shape index (κ2) is 10.0. The van der Waals surface area contributed by atoms with Crippen LogP contribution in [0.5, 0.6) is 0 Å². The molecule has 3 rings (SSSR count). The van der Waals surface area contributed by atoms with E-state index in [1.807, 2.05) is 6.92 Å². The topological polar surface area (TPSA) is 104 Å². The number of imidazole rings is 1. The van der Waals surface area contributed by atoms with E-state index in [1.165, 1.54) is 32.1 Å². The molecule has 2 amide bonds. The van der Waals surface area contributed by atoms with E-state index in [0.29, 0.717) is 19.0 Å². The lowest BCUT2D eigenvalue weighted by molar-refractivity contribution is -0.139. The molecule has 1 aromatic heterocycles. The molecule has 0 unspecified atom stereocenters. The molecule has 1 aliphatic carbocycles. The Morgan fingerprint density at radius 1 is 1.29 bits per heavy atom. The van der Waals surface area contributed by atoms with Crippen molar-refractivity contribution in [3.8, 4) is 0 Å². The first-order chi connectivity index (χ1) is 13.6. The predicted molar refractivity (Wildman–Crippen MR) is 109 cm³/mol.